The molecule has 2 aliphatic rings. The zero-order valence-corrected chi connectivity index (χ0v) is 20.4. The summed E-state index contributed by atoms with van der Waals surface area (Å²) in [6.45, 7) is 4.93. The number of carboxylic acid groups (broad SMARTS) is 1. The van der Waals surface area contributed by atoms with E-state index in [9.17, 15) is 18.3 Å². The fourth-order valence-electron chi connectivity index (χ4n) is 4.35. The molecule has 0 unspecified atom stereocenters. The van der Waals surface area contributed by atoms with Crippen molar-refractivity contribution in [1.82, 2.24) is 20.1 Å². The minimum absolute atomic E-state index is 0.151. The number of morpholine rings is 1. The van der Waals surface area contributed by atoms with E-state index in [1.165, 1.54) is 5.56 Å². The third kappa shape index (κ3) is 7.69. The lowest BCUT2D eigenvalue weighted by atomic mass is 9.95. The Hall–Kier alpha value is -2.61. The number of aliphatic carboxylic acids is 1. The number of H-pyrrole nitrogens is 1. The number of alkyl halides is 3. The Bertz CT molecular complexity index is 983. The number of anilines is 2. The average molecular weight is 535 g/mol. The van der Waals surface area contributed by atoms with E-state index in [0.29, 0.717) is 24.5 Å². The lowest BCUT2D eigenvalue weighted by molar-refractivity contribution is -0.192. The Balaban J connectivity index is 0.000000454. The molecule has 36 heavy (non-hydrogen) atoms. The van der Waals surface area contributed by atoms with Gasteiger partial charge in [-0.25, -0.2) is 9.89 Å². The number of rotatable bonds is 5. The van der Waals surface area contributed by atoms with Crippen molar-refractivity contribution < 1.29 is 32.9 Å². The highest BCUT2D eigenvalue weighted by molar-refractivity contribution is 6.30. The largest absolute Gasteiger partial charge is 0.490 e. The third-order valence-corrected chi connectivity index (χ3v) is 6.49. The van der Waals surface area contributed by atoms with Crippen LogP contribution in [0.2, 0.25) is 5.02 Å². The molecule has 2 fully saturated rings. The van der Waals surface area contributed by atoms with Gasteiger partial charge in [0, 0.05) is 36.7 Å². The maximum absolute atomic E-state index is 10.6. The van der Waals surface area contributed by atoms with Crippen molar-refractivity contribution in [3.8, 4) is 0 Å². The molecule has 3 atom stereocenters. The molecule has 0 amide bonds. The number of piperidine rings is 1. The van der Waals surface area contributed by atoms with E-state index in [4.69, 9.17) is 32.0 Å². The number of carboxylic acids is 1. The Morgan fingerprint density at radius 1 is 1.31 bits per heavy atom. The maximum atomic E-state index is 10.6. The third-order valence-electron chi connectivity index (χ3n) is 6.23. The summed E-state index contributed by atoms with van der Waals surface area (Å²) in [6.07, 6.45) is -2.79. The molecule has 2 saturated heterocycles. The van der Waals surface area contributed by atoms with E-state index < -0.39 is 18.2 Å². The molecule has 4 rings (SSSR count). The quantitative estimate of drug-likeness (QED) is 0.455. The van der Waals surface area contributed by atoms with Gasteiger partial charge >= 0.3 is 12.1 Å². The van der Waals surface area contributed by atoms with Gasteiger partial charge in [0.1, 0.15) is 0 Å². The van der Waals surface area contributed by atoms with Gasteiger partial charge in [-0.15, -0.1) is 5.10 Å². The molecule has 1 aromatic carbocycles. The highest BCUT2D eigenvalue weighted by Gasteiger charge is 2.38. The smallest absolute Gasteiger partial charge is 0.475 e. The van der Waals surface area contributed by atoms with Crippen molar-refractivity contribution in [3.63, 3.8) is 0 Å². The Labute approximate surface area is 211 Å². The molecule has 200 valence electrons. The van der Waals surface area contributed by atoms with Crippen LogP contribution in [0.3, 0.4) is 0 Å². The molecule has 0 radical (unpaired) electrons. The van der Waals surface area contributed by atoms with Crippen molar-refractivity contribution in [1.29, 1.82) is 0 Å². The number of benzene rings is 1. The van der Waals surface area contributed by atoms with Crippen molar-refractivity contribution >= 4 is 29.5 Å². The monoisotopic (exact) mass is 534 g/mol. The SMILES string of the molecule is C[C@@H](O)[C@H]1CN(C2CCN(c3n[nH]c(N)n3)CC2)[C@@H](Cc2ccc(Cl)cc2)CO1.O=C(O)C(F)(F)F. The number of hydrogen-bond acceptors (Lipinski definition) is 8. The van der Waals surface area contributed by atoms with Gasteiger partial charge in [-0.2, -0.15) is 18.2 Å². The van der Waals surface area contributed by atoms with Gasteiger partial charge in [-0.3, -0.25) is 4.90 Å². The summed E-state index contributed by atoms with van der Waals surface area (Å²) < 4.78 is 37.7. The number of nitrogens with two attached hydrogens (primary N) is 1. The summed E-state index contributed by atoms with van der Waals surface area (Å²) in [5, 5.41) is 24.8. The summed E-state index contributed by atoms with van der Waals surface area (Å²) >= 11 is 6.04. The van der Waals surface area contributed by atoms with Crippen molar-refractivity contribution in [2.24, 2.45) is 0 Å². The first-order valence-electron chi connectivity index (χ1n) is 11.5. The Morgan fingerprint density at radius 2 is 1.92 bits per heavy atom. The van der Waals surface area contributed by atoms with Crippen LogP contribution < -0.4 is 10.6 Å². The molecular weight excluding hydrogens is 505 g/mol. The van der Waals surface area contributed by atoms with Crippen LogP contribution in [0.5, 0.6) is 0 Å². The molecule has 0 aliphatic carbocycles. The summed E-state index contributed by atoms with van der Waals surface area (Å²) in [5.41, 5.74) is 6.91. The predicted octanol–water partition coefficient (Wildman–Crippen LogP) is 2.34. The van der Waals surface area contributed by atoms with E-state index in [2.05, 4.69) is 37.1 Å². The molecule has 2 aromatic rings. The number of halogens is 4. The van der Waals surface area contributed by atoms with Crippen LogP contribution in [-0.4, -0.2) is 93.0 Å². The van der Waals surface area contributed by atoms with Crippen LogP contribution in [0.4, 0.5) is 25.1 Å². The minimum atomic E-state index is -5.08. The second kappa shape index (κ2) is 12.1. The van der Waals surface area contributed by atoms with Crippen LogP contribution in [0.15, 0.2) is 24.3 Å². The van der Waals surface area contributed by atoms with E-state index in [0.717, 1.165) is 43.9 Å². The maximum Gasteiger partial charge on any atom is 0.490 e. The highest BCUT2D eigenvalue weighted by atomic mass is 35.5. The van der Waals surface area contributed by atoms with Gasteiger partial charge in [0.05, 0.1) is 18.8 Å². The number of nitrogens with one attached hydrogen (secondary N) is 1. The lowest BCUT2D eigenvalue weighted by Gasteiger charge is -2.47. The molecular formula is C22H30ClF3N6O4. The van der Waals surface area contributed by atoms with Crippen molar-refractivity contribution in [2.45, 2.75) is 56.7 Å². The molecule has 0 spiro atoms. The number of nitrogens with zero attached hydrogens (tertiary/aromatic N) is 4. The van der Waals surface area contributed by atoms with Crippen LogP contribution in [0.25, 0.3) is 0 Å². The topological polar surface area (TPSA) is 141 Å². The number of aliphatic hydroxyl groups excluding tert-OH is 1. The number of aromatic nitrogens is 3. The summed E-state index contributed by atoms with van der Waals surface area (Å²) in [7, 11) is 0. The molecule has 3 heterocycles. The number of aliphatic hydroxyl groups is 1. The Morgan fingerprint density at radius 3 is 2.42 bits per heavy atom. The molecule has 10 nitrogen and oxygen atoms in total. The number of nitrogen functional groups attached to an aromatic ring is 1. The van der Waals surface area contributed by atoms with Crippen LogP contribution in [0.1, 0.15) is 25.3 Å². The standard InChI is InChI=1S/C20H29ClN6O2.C2HF3O2/c1-13(28)18-11-27(17(12-29-18)10-14-2-4-15(21)5-3-14)16-6-8-26(9-7-16)20-23-19(22)24-25-20;3-2(4,5)1(6)7/h2-5,13,16-18,28H,6-12H2,1H3,(H3,22,23,24,25);(H,6,7)/t13-,17+,18-;/m1./s1. The van der Waals surface area contributed by atoms with Crippen LogP contribution in [0, 0.1) is 0 Å². The van der Waals surface area contributed by atoms with E-state index >= 15 is 0 Å². The normalized spacial score (nSPS) is 22.6. The summed E-state index contributed by atoms with van der Waals surface area (Å²) in [6, 6.07) is 8.75. The zero-order valence-electron chi connectivity index (χ0n) is 19.7. The first kappa shape index (κ1) is 28.0. The van der Waals surface area contributed by atoms with Gasteiger partial charge in [0.15, 0.2) is 0 Å². The lowest BCUT2D eigenvalue weighted by Crippen LogP contribution is -2.59. The molecule has 0 saturated carbocycles. The average Bonchev–Trinajstić information content (AvgIpc) is 3.27. The van der Waals surface area contributed by atoms with Gasteiger partial charge in [-0.1, -0.05) is 23.7 Å². The van der Waals surface area contributed by atoms with E-state index in [1.807, 2.05) is 12.1 Å². The number of hydrogen-bond donors (Lipinski definition) is 4. The second-order valence-corrected chi connectivity index (χ2v) is 9.27. The minimum Gasteiger partial charge on any atom is -0.475 e. The molecule has 1 aromatic heterocycles. The van der Waals surface area contributed by atoms with Gasteiger partial charge in [0.2, 0.25) is 11.9 Å². The summed E-state index contributed by atoms with van der Waals surface area (Å²) in [4.78, 5) is 17.9. The fourth-order valence-corrected chi connectivity index (χ4v) is 4.48. The number of carbonyl (C=O) groups is 1. The fraction of sp³-hybridized carbons (Fsp3) is 0.591. The van der Waals surface area contributed by atoms with E-state index in [-0.39, 0.29) is 12.1 Å². The number of ether oxygens (including phenoxy) is 1. The van der Waals surface area contributed by atoms with E-state index in [1.54, 1.807) is 6.92 Å². The van der Waals surface area contributed by atoms with Crippen molar-refractivity contribution in [2.75, 3.05) is 36.9 Å². The first-order valence-corrected chi connectivity index (χ1v) is 11.8. The Kier molecular flexibility index (Phi) is 9.39. The molecule has 2 aliphatic heterocycles. The summed E-state index contributed by atoms with van der Waals surface area (Å²) in [5.74, 6) is -1.74. The molecule has 5 N–H and O–H groups in total. The molecule has 0 bridgehead atoms. The molecule has 14 heteroatoms. The van der Waals surface area contributed by atoms with Crippen molar-refractivity contribution in [3.05, 3.63) is 34.9 Å². The van der Waals surface area contributed by atoms with Gasteiger partial charge in [-0.05, 0) is 43.9 Å². The second-order valence-electron chi connectivity index (χ2n) is 8.84. The van der Waals surface area contributed by atoms with Crippen LogP contribution in [-0.2, 0) is 16.0 Å². The first-order chi connectivity index (χ1) is 16.9. The van der Waals surface area contributed by atoms with Crippen LogP contribution >= 0.6 is 11.6 Å². The highest BCUT2D eigenvalue weighted by Crippen LogP contribution is 2.27. The van der Waals surface area contributed by atoms with Gasteiger partial charge < -0.3 is 25.6 Å². The van der Waals surface area contributed by atoms with Gasteiger partial charge in [0.25, 0.3) is 0 Å². The number of aromatic amines is 1. The predicted molar refractivity (Wildman–Crippen MR) is 127 cm³/mol. The zero-order chi connectivity index (χ0) is 26.5.